The van der Waals surface area contributed by atoms with E-state index in [4.69, 9.17) is 4.74 Å². The normalized spacial score (nSPS) is 11.9. The van der Waals surface area contributed by atoms with E-state index >= 15 is 0 Å². The number of alkyl halides is 1. The summed E-state index contributed by atoms with van der Waals surface area (Å²) in [6.07, 6.45) is 3.40. The second-order valence-electron chi connectivity index (χ2n) is 5.28. The zero-order valence-corrected chi connectivity index (χ0v) is 15.4. The third-order valence-electron chi connectivity index (χ3n) is 2.91. The number of hydrogen-bond acceptors (Lipinski definition) is 2. The van der Waals surface area contributed by atoms with Crippen molar-refractivity contribution >= 4 is 48.7 Å². The van der Waals surface area contributed by atoms with Crippen LogP contribution >= 0.6 is 15.9 Å². The van der Waals surface area contributed by atoms with E-state index in [0.717, 1.165) is 8.97 Å². The first kappa shape index (κ1) is 15.0. The van der Waals surface area contributed by atoms with Crippen LogP contribution in [0.1, 0.15) is 0 Å². The molecule has 102 valence electrons. The van der Waals surface area contributed by atoms with Crippen LogP contribution in [0.15, 0.2) is 22.9 Å². The van der Waals surface area contributed by atoms with Crippen molar-refractivity contribution in [2.45, 2.75) is 14.8 Å². The van der Waals surface area contributed by atoms with Gasteiger partial charge in [-0.1, -0.05) is 0 Å². The van der Waals surface area contributed by atoms with Gasteiger partial charge < -0.3 is 0 Å². The minimum absolute atomic E-state index is 0.00951. The van der Waals surface area contributed by atoms with Crippen molar-refractivity contribution in [1.82, 2.24) is 4.98 Å². The zero-order chi connectivity index (χ0) is 14.2. The van der Waals surface area contributed by atoms with E-state index in [1.807, 2.05) is 0 Å². The molecule has 0 fully saturated rings. The molecule has 0 atom stereocenters. The average molecular weight is 437 g/mol. The molecule has 0 N–H and O–H groups in total. The van der Waals surface area contributed by atoms with Crippen molar-refractivity contribution < 1.29 is 13.5 Å². The number of fused-ring (bicyclic) bond motifs is 1. The van der Waals surface area contributed by atoms with Gasteiger partial charge in [0.15, 0.2) is 0 Å². The fourth-order valence-corrected chi connectivity index (χ4v) is 6.69. The van der Waals surface area contributed by atoms with Gasteiger partial charge in [-0.2, -0.15) is 0 Å². The Labute approximate surface area is 123 Å². The van der Waals surface area contributed by atoms with E-state index in [-0.39, 0.29) is 5.75 Å². The van der Waals surface area contributed by atoms with E-state index < -0.39 is 31.1 Å². The predicted molar refractivity (Wildman–Crippen MR) is 79.0 cm³/mol. The quantitative estimate of drug-likeness (QED) is 0.679. The number of rotatable bonds is 3. The molecule has 1 heterocycles. The summed E-state index contributed by atoms with van der Waals surface area (Å²) >= 11 is 0.803. The third kappa shape index (κ3) is 2.86. The Morgan fingerprint density at radius 2 is 2.00 bits per heavy atom. The van der Waals surface area contributed by atoms with E-state index in [0.29, 0.717) is 9.86 Å². The van der Waals surface area contributed by atoms with Gasteiger partial charge >= 0.3 is 123 Å². The van der Waals surface area contributed by atoms with Crippen LogP contribution in [-0.4, -0.2) is 30.2 Å². The molecular weight excluding hydrogens is 423 g/mol. The summed E-state index contributed by atoms with van der Waals surface area (Å²) in [7, 11) is 0. The first-order valence-corrected chi connectivity index (χ1v) is 16.6. The molecule has 2 nitrogen and oxygen atoms in total. The van der Waals surface area contributed by atoms with Crippen molar-refractivity contribution in [3.63, 3.8) is 0 Å². The number of halogens is 3. The molecule has 2 rings (SSSR count). The third-order valence-corrected chi connectivity index (χ3v) is 9.26. The SMILES string of the molecule is [CH3][Sn]([CH3])([CH3])[c]1cncc2c(Br)cc(F)c(OCF)c12. The van der Waals surface area contributed by atoms with Gasteiger partial charge in [0, 0.05) is 0 Å². The van der Waals surface area contributed by atoms with Gasteiger partial charge in [-0.05, 0) is 0 Å². The van der Waals surface area contributed by atoms with Crippen LogP contribution in [0.25, 0.3) is 10.8 Å². The Kier molecular flexibility index (Phi) is 4.35. The number of benzene rings is 1. The molecule has 0 spiro atoms. The van der Waals surface area contributed by atoms with Gasteiger partial charge in [0.05, 0.1) is 0 Å². The zero-order valence-electron chi connectivity index (χ0n) is 10.9. The first-order chi connectivity index (χ1) is 8.86. The van der Waals surface area contributed by atoms with Gasteiger partial charge in [0.1, 0.15) is 0 Å². The molecule has 0 unspecified atom stereocenters. The predicted octanol–water partition coefficient (Wildman–Crippen LogP) is 3.99. The van der Waals surface area contributed by atoms with Crippen molar-refractivity contribution in [3.05, 3.63) is 28.7 Å². The number of ether oxygens (including phenoxy) is 1. The van der Waals surface area contributed by atoms with Crippen LogP contribution in [-0.2, 0) is 0 Å². The van der Waals surface area contributed by atoms with Gasteiger partial charge in [0.2, 0.25) is 0 Å². The molecule has 0 bridgehead atoms. The van der Waals surface area contributed by atoms with Gasteiger partial charge in [-0.25, -0.2) is 0 Å². The Bertz CT molecular complexity index is 628. The second-order valence-corrected chi connectivity index (χ2v) is 20.5. The molecule has 0 aliphatic rings. The van der Waals surface area contributed by atoms with Crippen LogP contribution in [0.4, 0.5) is 8.78 Å². The molecule has 2 aromatic rings. The molecule has 0 aliphatic carbocycles. The Balaban J connectivity index is 2.92. The van der Waals surface area contributed by atoms with Crippen molar-refractivity contribution in [1.29, 1.82) is 0 Å². The summed E-state index contributed by atoms with van der Waals surface area (Å²) in [6.45, 7) is -1.05. The van der Waals surface area contributed by atoms with Crippen LogP contribution in [0, 0.1) is 5.82 Å². The monoisotopic (exact) mass is 437 g/mol. The Hall–Kier alpha value is -0.431. The van der Waals surface area contributed by atoms with Crippen LogP contribution < -0.4 is 8.32 Å². The molecule has 0 saturated carbocycles. The summed E-state index contributed by atoms with van der Waals surface area (Å²) in [4.78, 5) is 10.8. The molecular formula is C13H14BrF2NOSn. The van der Waals surface area contributed by atoms with Gasteiger partial charge in [0.25, 0.3) is 0 Å². The fourth-order valence-electron chi connectivity index (χ4n) is 2.02. The molecule has 19 heavy (non-hydrogen) atoms. The van der Waals surface area contributed by atoms with Crippen molar-refractivity contribution in [2.75, 3.05) is 6.86 Å². The summed E-state index contributed by atoms with van der Waals surface area (Å²) < 4.78 is 33.0. The van der Waals surface area contributed by atoms with Gasteiger partial charge in [-0.3, -0.25) is 0 Å². The van der Waals surface area contributed by atoms with Crippen LogP contribution in [0.3, 0.4) is 0 Å². The number of pyridine rings is 1. The van der Waals surface area contributed by atoms with E-state index in [2.05, 4.69) is 35.7 Å². The van der Waals surface area contributed by atoms with Gasteiger partial charge in [-0.15, -0.1) is 0 Å². The summed E-state index contributed by atoms with van der Waals surface area (Å²) in [6, 6.07) is 1.29. The molecule has 0 radical (unpaired) electrons. The topological polar surface area (TPSA) is 22.1 Å². The standard InChI is InChI=1S/C10H5BrF2NO.3CH3.Sn/c11-8-3-9(13)10(15-5-12)6-1-2-14-4-7(6)8;;;;/h2-4H,5H2;3*1H3;. The molecule has 1 aromatic carbocycles. The van der Waals surface area contributed by atoms with Crippen molar-refractivity contribution in [3.8, 4) is 5.75 Å². The van der Waals surface area contributed by atoms with Crippen molar-refractivity contribution in [2.24, 2.45) is 0 Å². The maximum atomic E-state index is 14.0. The molecule has 0 saturated heterocycles. The second kappa shape index (κ2) is 5.52. The van der Waals surface area contributed by atoms with Crippen LogP contribution in [0.5, 0.6) is 5.75 Å². The number of hydrogen-bond donors (Lipinski definition) is 0. The molecule has 1 aromatic heterocycles. The molecule has 0 aliphatic heterocycles. The summed E-state index contributed by atoms with van der Waals surface area (Å²) in [5, 5.41) is 1.41. The summed E-state index contributed by atoms with van der Waals surface area (Å²) in [5.41, 5.74) is 0. The first-order valence-electron chi connectivity index (χ1n) is 5.81. The van der Waals surface area contributed by atoms with E-state index in [1.54, 1.807) is 12.4 Å². The van der Waals surface area contributed by atoms with E-state index in [1.165, 1.54) is 6.07 Å². The molecule has 0 amide bonds. The van der Waals surface area contributed by atoms with Crippen LogP contribution in [0.2, 0.25) is 14.8 Å². The summed E-state index contributed by atoms with van der Waals surface area (Å²) in [5.74, 6) is -0.565. The fraction of sp³-hybridized carbons (Fsp3) is 0.308. The Morgan fingerprint density at radius 1 is 1.32 bits per heavy atom. The maximum absolute atomic E-state index is 14.0. The Morgan fingerprint density at radius 3 is 2.58 bits per heavy atom. The average Bonchev–Trinajstić information content (AvgIpc) is 2.32. The number of nitrogens with zero attached hydrogens (tertiary/aromatic N) is 1. The minimum atomic E-state index is -2.52. The number of aromatic nitrogens is 1. The van der Waals surface area contributed by atoms with E-state index in [9.17, 15) is 8.78 Å². The molecule has 6 heteroatoms.